The summed E-state index contributed by atoms with van der Waals surface area (Å²) in [6.45, 7) is 5.15. The molecule has 0 unspecified atom stereocenters. The highest BCUT2D eigenvalue weighted by molar-refractivity contribution is 7.89. The van der Waals surface area contributed by atoms with Gasteiger partial charge in [0.25, 0.3) is 5.91 Å². The number of pyridine rings is 1. The lowest BCUT2D eigenvalue weighted by molar-refractivity contribution is 0.0950. The van der Waals surface area contributed by atoms with E-state index in [-0.39, 0.29) is 5.91 Å². The maximum absolute atomic E-state index is 12.9. The molecule has 1 aromatic heterocycles. The molecule has 0 saturated carbocycles. The molecule has 4 rings (SSSR count). The lowest BCUT2D eigenvalue weighted by atomic mass is 10.1. The highest BCUT2D eigenvalue weighted by Crippen LogP contribution is 2.19. The molecule has 0 bridgehead atoms. The monoisotopic (exact) mass is 464 g/mol. The average Bonchev–Trinajstić information content (AvgIpc) is 2.84. The number of nitrogens with one attached hydrogen (secondary N) is 1. The first-order chi connectivity index (χ1) is 15.9. The highest BCUT2D eigenvalue weighted by Gasteiger charge is 2.28. The van der Waals surface area contributed by atoms with Crippen LogP contribution < -0.4 is 5.32 Å². The molecule has 1 N–H and O–H groups in total. The largest absolute Gasteiger partial charge is 0.346 e. The zero-order valence-corrected chi connectivity index (χ0v) is 19.5. The van der Waals surface area contributed by atoms with Crippen molar-refractivity contribution < 1.29 is 13.2 Å². The summed E-state index contributed by atoms with van der Waals surface area (Å²) in [6.07, 6.45) is 1.70. The maximum atomic E-state index is 12.9. The number of rotatable bonds is 7. The van der Waals surface area contributed by atoms with Crippen LogP contribution in [0.3, 0.4) is 0 Å². The van der Waals surface area contributed by atoms with Gasteiger partial charge in [-0.05, 0) is 48.9 Å². The fourth-order valence-electron chi connectivity index (χ4n) is 3.83. The molecular weight excluding hydrogens is 436 g/mol. The smallest absolute Gasteiger partial charge is 0.251 e. The van der Waals surface area contributed by atoms with E-state index in [9.17, 15) is 13.2 Å². The Morgan fingerprint density at radius 2 is 1.73 bits per heavy atom. The van der Waals surface area contributed by atoms with Crippen molar-refractivity contribution in [3.05, 3.63) is 95.3 Å². The van der Waals surface area contributed by atoms with E-state index >= 15 is 0 Å². The second-order valence-electron chi connectivity index (χ2n) is 8.20. The molecular formula is C25H28N4O3S. The van der Waals surface area contributed by atoms with Crippen LogP contribution in [0.2, 0.25) is 0 Å². The molecule has 1 aliphatic rings. The van der Waals surface area contributed by atoms with Crippen molar-refractivity contribution in [1.29, 1.82) is 0 Å². The van der Waals surface area contributed by atoms with E-state index in [0.29, 0.717) is 49.7 Å². The summed E-state index contributed by atoms with van der Waals surface area (Å²) in [7, 11) is -3.47. The first-order valence-electron chi connectivity index (χ1n) is 11.0. The number of hydrogen-bond acceptors (Lipinski definition) is 5. The Morgan fingerprint density at radius 1 is 0.970 bits per heavy atom. The average molecular weight is 465 g/mol. The lowest BCUT2D eigenvalue weighted by Gasteiger charge is -2.34. The maximum Gasteiger partial charge on any atom is 0.251 e. The number of sulfonamides is 1. The van der Waals surface area contributed by atoms with Crippen LogP contribution >= 0.6 is 0 Å². The molecule has 0 aliphatic carbocycles. The lowest BCUT2D eigenvalue weighted by Crippen LogP contribution is -2.48. The summed E-state index contributed by atoms with van der Waals surface area (Å²) >= 11 is 0. The number of hydrogen-bond donors (Lipinski definition) is 1. The van der Waals surface area contributed by atoms with Gasteiger partial charge in [-0.3, -0.25) is 14.7 Å². The molecule has 0 radical (unpaired) electrons. The molecule has 0 atom stereocenters. The molecule has 1 fully saturated rings. The summed E-state index contributed by atoms with van der Waals surface area (Å²) in [4.78, 5) is 19.3. The zero-order valence-electron chi connectivity index (χ0n) is 18.6. The molecule has 1 aliphatic heterocycles. The van der Waals surface area contributed by atoms with E-state index in [1.54, 1.807) is 28.7 Å². The molecule has 3 aromatic rings. The van der Waals surface area contributed by atoms with Gasteiger partial charge in [0.2, 0.25) is 10.0 Å². The zero-order chi connectivity index (χ0) is 23.3. The predicted molar refractivity (Wildman–Crippen MR) is 127 cm³/mol. The van der Waals surface area contributed by atoms with Gasteiger partial charge in [-0.1, -0.05) is 35.9 Å². The van der Waals surface area contributed by atoms with Gasteiger partial charge in [0.05, 0.1) is 17.1 Å². The number of carbonyl (C=O) groups excluding carboxylic acids is 1. The molecule has 1 amide bonds. The van der Waals surface area contributed by atoms with E-state index < -0.39 is 10.0 Å². The van der Waals surface area contributed by atoms with Crippen LogP contribution in [0.5, 0.6) is 0 Å². The van der Waals surface area contributed by atoms with Gasteiger partial charge in [0, 0.05) is 44.5 Å². The number of carbonyl (C=O) groups is 1. The number of piperazine rings is 1. The summed E-state index contributed by atoms with van der Waals surface area (Å²) in [6, 6.07) is 20.1. The van der Waals surface area contributed by atoms with Gasteiger partial charge in [-0.2, -0.15) is 4.31 Å². The first kappa shape index (κ1) is 23.1. The van der Waals surface area contributed by atoms with Crippen molar-refractivity contribution >= 4 is 15.9 Å². The summed E-state index contributed by atoms with van der Waals surface area (Å²) in [5.41, 5.74) is 3.46. The van der Waals surface area contributed by atoms with Gasteiger partial charge in [-0.15, -0.1) is 0 Å². The van der Waals surface area contributed by atoms with Gasteiger partial charge < -0.3 is 5.32 Å². The molecule has 172 valence electrons. The molecule has 0 spiro atoms. The fourth-order valence-corrected chi connectivity index (χ4v) is 5.25. The second kappa shape index (κ2) is 10.2. The van der Waals surface area contributed by atoms with Gasteiger partial charge in [0.1, 0.15) is 0 Å². The van der Waals surface area contributed by atoms with Crippen molar-refractivity contribution in [3.8, 4) is 0 Å². The highest BCUT2D eigenvalue weighted by atomic mass is 32.2. The molecule has 33 heavy (non-hydrogen) atoms. The Morgan fingerprint density at radius 3 is 2.42 bits per heavy atom. The molecule has 7 nitrogen and oxygen atoms in total. The van der Waals surface area contributed by atoms with Crippen LogP contribution in [0.25, 0.3) is 0 Å². The van der Waals surface area contributed by atoms with E-state index in [1.807, 2.05) is 55.5 Å². The van der Waals surface area contributed by atoms with Crippen molar-refractivity contribution in [2.75, 3.05) is 26.2 Å². The normalized spacial score (nSPS) is 15.3. The number of benzene rings is 2. The Hall–Kier alpha value is -3.07. The van der Waals surface area contributed by atoms with Gasteiger partial charge in [-0.25, -0.2) is 8.42 Å². The number of aromatic nitrogens is 1. The van der Waals surface area contributed by atoms with Crippen LogP contribution in [0.4, 0.5) is 0 Å². The van der Waals surface area contributed by atoms with Crippen LogP contribution in [-0.2, 0) is 23.1 Å². The first-order valence-corrected chi connectivity index (χ1v) is 12.4. The number of aryl methyl sites for hydroxylation is 1. The standard InChI is InChI=1S/C25H28N4O3S/c1-20-8-10-24(11-9-20)33(31,32)29-15-13-28(14-16-29)19-21-5-4-6-22(17-21)25(30)27-18-23-7-2-3-12-26-23/h2-12,17H,13-16,18-19H2,1H3,(H,27,30). The van der Waals surface area contributed by atoms with E-state index in [2.05, 4.69) is 15.2 Å². The Labute approximate surface area is 195 Å². The molecule has 2 aromatic carbocycles. The molecule has 1 saturated heterocycles. The third kappa shape index (κ3) is 5.84. The third-order valence-electron chi connectivity index (χ3n) is 5.74. The van der Waals surface area contributed by atoms with Crippen molar-refractivity contribution in [1.82, 2.24) is 19.5 Å². The quantitative estimate of drug-likeness (QED) is 0.581. The Balaban J connectivity index is 1.32. The van der Waals surface area contributed by atoms with Crippen LogP contribution in [0.1, 0.15) is 27.2 Å². The van der Waals surface area contributed by atoms with Crippen LogP contribution in [0, 0.1) is 6.92 Å². The minimum absolute atomic E-state index is 0.142. The minimum atomic E-state index is -3.47. The summed E-state index contributed by atoms with van der Waals surface area (Å²) in [5.74, 6) is -0.142. The second-order valence-corrected chi connectivity index (χ2v) is 10.1. The topological polar surface area (TPSA) is 82.6 Å². The Bertz CT molecular complexity index is 1190. The van der Waals surface area contributed by atoms with Gasteiger partial charge in [0.15, 0.2) is 0 Å². The van der Waals surface area contributed by atoms with E-state index in [0.717, 1.165) is 16.8 Å². The SMILES string of the molecule is Cc1ccc(S(=O)(=O)N2CCN(Cc3cccc(C(=O)NCc4ccccn4)c3)CC2)cc1. The van der Waals surface area contributed by atoms with Gasteiger partial charge >= 0.3 is 0 Å². The van der Waals surface area contributed by atoms with Crippen molar-refractivity contribution in [2.24, 2.45) is 0 Å². The fraction of sp³-hybridized carbons (Fsp3) is 0.280. The van der Waals surface area contributed by atoms with E-state index in [1.165, 1.54) is 0 Å². The Kier molecular flexibility index (Phi) is 7.17. The van der Waals surface area contributed by atoms with Crippen molar-refractivity contribution in [3.63, 3.8) is 0 Å². The molecule has 2 heterocycles. The van der Waals surface area contributed by atoms with Crippen LogP contribution in [0.15, 0.2) is 77.8 Å². The predicted octanol–water partition coefficient (Wildman–Crippen LogP) is 2.83. The molecule has 8 heteroatoms. The minimum Gasteiger partial charge on any atom is -0.346 e. The van der Waals surface area contributed by atoms with E-state index in [4.69, 9.17) is 0 Å². The summed E-state index contributed by atoms with van der Waals surface area (Å²) < 4.78 is 27.4. The summed E-state index contributed by atoms with van der Waals surface area (Å²) in [5, 5.41) is 2.90. The number of nitrogens with zero attached hydrogens (tertiary/aromatic N) is 3. The number of amides is 1. The van der Waals surface area contributed by atoms with Crippen LogP contribution in [-0.4, -0.2) is 54.7 Å². The van der Waals surface area contributed by atoms with Crippen molar-refractivity contribution in [2.45, 2.75) is 24.9 Å². The third-order valence-corrected chi connectivity index (χ3v) is 7.65.